The Bertz CT molecular complexity index is 843. The maximum absolute atomic E-state index is 12.8. The molecule has 2 aromatic rings. The van der Waals surface area contributed by atoms with Crippen molar-refractivity contribution in [1.29, 1.82) is 0 Å². The minimum Gasteiger partial charge on any atom is -0.487 e. The molecule has 174 valence electrons. The largest absolute Gasteiger partial charge is 0.487 e. The van der Waals surface area contributed by atoms with E-state index in [4.69, 9.17) is 14.2 Å². The lowest BCUT2D eigenvalue weighted by atomic mass is 10.1. The van der Waals surface area contributed by atoms with E-state index in [1.54, 1.807) is 42.5 Å². The molecule has 0 radical (unpaired) electrons. The molecule has 0 unspecified atom stereocenters. The van der Waals surface area contributed by atoms with E-state index in [0.29, 0.717) is 18.1 Å². The molecule has 0 aromatic heterocycles. The van der Waals surface area contributed by atoms with Crippen LogP contribution in [0.1, 0.15) is 92.9 Å². The van der Waals surface area contributed by atoms with Crippen LogP contribution in [0.3, 0.4) is 0 Å². The summed E-state index contributed by atoms with van der Waals surface area (Å²) < 4.78 is 16.7. The van der Waals surface area contributed by atoms with E-state index >= 15 is 0 Å². The molecule has 0 N–H and O–H groups in total. The lowest BCUT2D eigenvalue weighted by Crippen LogP contribution is -2.17. The summed E-state index contributed by atoms with van der Waals surface area (Å²) in [6, 6.07) is 13.5. The standard InChI is InChI=1S/C27H36O5/c1-4-5-6-7-8-9-10-15-20-30-26(28)22-16-11-12-17-23(22)27(29)32-25-19-14-13-18-24(25)31-21(2)3/h11-14,16-19,21H,4-10,15,20H2,1-3H3. The normalized spacial score (nSPS) is 10.8. The van der Waals surface area contributed by atoms with Gasteiger partial charge in [0.25, 0.3) is 0 Å². The second kappa shape index (κ2) is 14.3. The third-order valence-corrected chi connectivity index (χ3v) is 5.01. The Morgan fingerprint density at radius 1 is 0.719 bits per heavy atom. The molecule has 5 heteroatoms. The number of para-hydroxylation sites is 2. The van der Waals surface area contributed by atoms with E-state index in [9.17, 15) is 9.59 Å². The molecule has 0 fully saturated rings. The van der Waals surface area contributed by atoms with Crippen LogP contribution >= 0.6 is 0 Å². The van der Waals surface area contributed by atoms with Crippen LogP contribution in [0.25, 0.3) is 0 Å². The van der Waals surface area contributed by atoms with Crippen LogP contribution in [0.15, 0.2) is 48.5 Å². The first-order valence-electron chi connectivity index (χ1n) is 11.8. The second-order valence-electron chi connectivity index (χ2n) is 8.16. The summed E-state index contributed by atoms with van der Waals surface area (Å²) in [5.41, 5.74) is 0.382. The highest BCUT2D eigenvalue weighted by molar-refractivity contribution is 6.03. The fourth-order valence-corrected chi connectivity index (χ4v) is 3.36. The van der Waals surface area contributed by atoms with Gasteiger partial charge in [0.2, 0.25) is 0 Å². The first-order valence-corrected chi connectivity index (χ1v) is 11.8. The third kappa shape index (κ3) is 8.74. The molecule has 0 atom stereocenters. The number of unbranched alkanes of at least 4 members (excludes halogenated alkanes) is 7. The quantitative estimate of drug-likeness (QED) is 0.180. The zero-order valence-electron chi connectivity index (χ0n) is 19.6. The zero-order chi connectivity index (χ0) is 23.2. The maximum Gasteiger partial charge on any atom is 0.344 e. The summed E-state index contributed by atoms with van der Waals surface area (Å²) in [4.78, 5) is 25.4. The molecule has 0 saturated heterocycles. The highest BCUT2D eigenvalue weighted by Crippen LogP contribution is 2.28. The van der Waals surface area contributed by atoms with Gasteiger partial charge in [-0.25, -0.2) is 9.59 Å². The van der Waals surface area contributed by atoms with Gasteiger partial charge < -0.3 is 14.2 Å². The Morgan fingerprint density at radius 3 is 1.88 bits per heavy atom. The van der Waals surface area contributed by atoms with Crippen molar-refractivity contribution in [2.75, 3.05) is 6.61 Å². The minimum absolute atomic E-state index is 0.0616. The molecular weight excluding hydrogens is 404 g/mol. The fraction of sp³-hybridized carbons (Fsp3) is 0.481. The predicted octanol–water partition coefficient (Wildman–Crippen LogP) is 6.99. The monoisotopic (exact) mass is 440 g/mol. The Balaban J connectivity index is 1.89. The van der Waals surface area contributed by atoms with Gasteiger partial charge in [0.1, 0.15) is 0 Å². The van der Waals surface area contributed by atoms with Gasteiger partial charge in [-0.1, -0.05) is 76.1 Å². The van der Waals surface area contributed by atoms with Crippen molar-refractivity contribution in [3.63, 3.8) is 0 Å². The third-order valence-electron chi connectivity index (χ3n) is 5.01. The van der Waals surface area contributed by atoms with Crippen LogP contribution < -0.4 is 9.47 Å². The van der Waals surface area contributed by atoms with E-state index in [0.717, 1.165) is 19.3 Å². The summed E-state index contributed by atoms with van der Waals surface area (Å²) in [5.74, 6) is -0.337. The average Bonchev–Trinajstić information content (AvgIpc) is 2.78. The molecular formula is C27H36O5. The van der Waals surface area contributed by atoms with Crippen molar-refractivity contribution in [2.45, 2.75) is 78.2 Å². The first kappa shape index (κ1) is 25.4. The van der Waals surface area contributed by atoms with E-state index < -0.39 is 11.9 Å². The van der Waals surface area contributed by atoms with E-state index in [1.807, 2.05) is 19.9 Å². The van der Waals surface area contributed by atoms with Crippen molar-refractivity contribution < 1.29 is 23.8 Å². The van der Waals surface area contributed by atoms with Gasteiger partial charge in [0.15, 0.2) is 11.5 Å². The Kier molecular flexibility index (Phi) is 11.4. The number of esters is 2. The molecule has 32 heavy (non-hydrogen) atoms. The maximum atomic E-state index is 12.8. The van der Waals surface area contributed by atoms with Crippen LogP contribution in [0, 0.1) is 0 Å². The second-order valence-corrected chi connectivity index (χ2v) is 8.16. The van der Waals surface area contributed by atoms with Crippen LogP contribution in [0.4, 0.5) is 0 Å². The smallest absolute Gasteiger partial charge is 0.344 e. The number of benzene rings is 2. The average molecular weight is 441 g/mol. The molecule has 0 aliphatic heterocycles. The number of hydrogen-bond acceptors (Lipinski definition) is 5. The van der Waals surface area contributed by atoms with Gasteiger partial charge in [-0.15, -0.1) is 0 Å². The number of rotatable bonds is 14. The lowest BCUT2D eigenvalue weighted by molar-refractivity contribution is 0.0489. The Labute approximate surface area is 192 Å². The molecule has 0 bridgehead atoms. The molecule has 0 aliphatic rings. The summed E-state index contributed by atoms with van der Waals surface area (Å²) in [6.07, 6.45) is 9.31. The lowest BCUT2D eigenvalue weighted by Gasteiger charge is -2.14. The number of ether oxygens (including phenoxy) is 3. The Hall–Kier alpha value is -2.82. The highest BCUT2D eigenvalue weighted by atomic mass is 16.6. The van der Waals surface area contributed by atoms with Crippen LogP contribution in [-0.2, 0) is 4.74 Å². The van der Waals surface area contributed by atoms with Gasteiger partial charge in [0, 0.05) is 0 Å². The van der Waals surface area contributed by atoms with Crippen molar-refractivity contribution in [2.24, 2.45) is 0 Å². The fourth-order valence-electron chi connectivity index (χ4n) is 3.36. The molecule has 2 rings (SSSR count). The molecule has 0 heterocycles. The van der Waals surface area contributed by atoms with E-state index in [-0.39, 0.29) is 17.2 Å². The SMILES string of the molecule is CCCCCCCCCCOC(=O)c1ccccc1C(=O)Oc1ccccc1OC(C)C. The van der Waals surface area contributed by atoms with Crippen molar-refractivity contribution in [3.8, 4) is 11.5 Å². The number of carbonyl (C=O) groups excluding carboxylic acids is 2. The highest BCUT2D eigenvalue weighted by Gasteiger charge is 2.21. The molecule has 0 amide bonds. The van der Waals surface area contributed by atoms with Crippen LogP contribution in [0.5, 0.6) is 11.5 Å². The number of hydrogen-bond donors (Lipinski definition) is 0. The molecule has 0 saturated carbocycles. The summed E-state index contributed by atoms with van der Waals surface area (Å²) in [6.45, 7) is 6.36. The predicted molar refractivity (Wildman–Crippen MR) is 126 cm³/mol. The van der Waals surface area contributed by atoms with E-state index in [2.05, 4.69) is 6.92 Å². The van der Waals surface area contributed by atoms with Gasteiger partial charge in [-0.3, -0.25) is 0 Å². The van der Waals surface area contributed by atoms with Gasteiger partial charge in [-0.05, 0) is 44.5 Å². The molecule has 5 nitrogen and oxygen atoms in total. The first-order chi connectivity index (χ1) is 15.5. The number of carbonyl (C=O) groups is 2. The zero-order valence-corrected chi connectivity index (χ0v) is 19.6. The summed E-state index contributed by atoms with van der Waals surface area (Å²) in [5, 5.41) is 0. The van der Waals surface area contributed by atoms with E-state index in [1.165, 1.54) is 32.1 Å². The Morgan fingerprint density at radius 2 is 1.25 bits per heavy atom. The van der Waals surface area contributed by atoms with Crippen molar-refractivity contribution in [3.05, 3.63) is 59.7 Å². The summed E-state index contributed by atoms with van der Waals surface area (Å²) in [7, 11) is 0. The molecule has 0 spiro atoms. The van der Waals surface area contributed by atoms with Crippen LogP contribution in [-0.4, -0.2) is 24.6 Å². The van der Waals surface area contributed by atoms with Crippen LogP contribution in [0.2, 0.25) is 0 Å². The van der Waals surface area contributed by atoms with Gasteiger partial charge in [0.05, 0.1) is 23.8 Å². The van der Waals surface area contributed by atoms with Gasteiger partial charge in [-0.2, -0.15) is 0 Å². The topological polar surface area (TPSA) is 61.8 Å². The molecule has 2 aromatic carbocycles. The van der Waals surface area contributed by atoms with Crippen molar-refractivity contribution in [1.82, 2.24) is 0 Å². The minimum atomic E-state index is -0.621. The van der Waals surface area contributed by atoms with Gasteiger partial charge >= 0.3 is 11.9 Å². The summed E-state index contributed by atoms with van der Waals surface area (Å²) >= 11 is 0. The molecule has 0 aliphatic carbocycles. The van der Waals surface area contributed by atoms with Crippen molar-refractivity contribution >= 4 is 11.9 Å².